The predicted octanol–water partition coefficient (Wildman–Crippen LogP) is 1.58. The molecule has 6 nitrogen and oxygen atoms in total. The molecule has 1 atom stereocenters. The van der Waals surface area contributed by atoms with Gasteiger partial charge in [0.05, 0.1) is 23.4 Å². The van der Waals surface area contributed by atoms with Crippen molar-refractivity contribution in [2.75, 3.05) is 12.3 Å². The van der Waals surface area contributed by atoms with E-state index in [0.717, 1.165) is 22.9 Å². The number of carboxylic acid groups (broad SMARTS) is 2. The second-order valence-corrected chi connectivity index (χ2v) is 7.44. The van der Waals surface area contributed by atoms with Gasteiger partial charge in [-0.2, -0.15) is 0 Å². The van der Waals surface area contributed by atoms with Gasteiger partial charge in [0.2, 0.25) is 5.91 Å². The maximum Gasteiger partial charge on any atom is 0.304 e. The van der Waals surface area contributed by atoms with Gasteiger partial charge < -0.3 is 19.9 Å². The Morgan fingerprint density at radius 1 is 0.964 bits per heavy atom. The monoisotopic (exact) mass is 400 g/mol. The molecule has 0 radical (unpaired) electrons. The van der Waals surface area contributed by atoms with Gasteiger partial charge in [0.25, 0.3) is 0 Å². The van der Waals surface area contributed by atoms with Crippen molar-refractivity contribution in [3.8, 4) is 0 Å². The summed E-state index contributed by atoms with van der Waals surface area (Å²) in [6, 6.07) is 19.3. The van der Waals surface area contributed by atoms with Crippen LogP contribution in [0, 0.1) is 0 Å². The fraction of sp³-hybridized carbons (Fsp3) is 0.286. The Morgan fingerprint density at radius 2 is 1.54 bits per heavy atom. The molecule has 0 bridgehead atoms. The SMILES string of the molecule is O=C(O)C[C@H](SCC(=O)N(CCc1ccccc1)Cc1ccccc1)C(=O)[O-]. The van der Waals surface area contributed by atoms with Crippen molar-refractivity contribution < 1.29 is 24.6 Å². The van der Waals surface area contributed by atoms with Crippen molar-refractivity contribution in [1.29, 1.82) is 0 Å². The lowest BCUT2D eigenvalue weighted by Crippen LogP contribution is -2.38. The molecule has 1 amide bonds. The molecule has 0 heterocycles. The molecule has 7 heteroatoms. The minimum absolute atomic E-state index is 0.118. The second kappa shape index (κ2) is 11.1. The first-order chi connectivity index (χ1) is 13.5. The van der Waals surface area contributed by atoms with Gasteiger partial charge in [0.1, 0.15) is 0 Å². The summed E-state index contributed by atoms with van der Waals surface area (Å²) in [6.45, 7) is 0.884. The molecule has 0 unspecified atom stereocenters. The van der Waals surface area contributed by atoms with Gasteiger partial charge in [-0.25, -0.2) is 0 Å². The summed E-state index contributed by atoms with van der Waals surface area (Å²) in [5, 5.41) is 18.7. The van der Waals surface area contributed by atoms with Crippen molar-refractivity contribution in [1.82, 2.24) is 4.90 Å². The first-order valence-electron chi connectivity index (χ1n) is 8.85. The number of nitrogens with zero attached hydrogens (tertiary/aromatic N) is 1. The number of carboxylic acids is 2. The predicted molar refractivity (Wildman–Crippen MR) is 106 cm³/mol. The van der Waals surface area contributed by atoms with Crippen LogP contribution in [0.4, 0.5) is 0 Å². The molecule has 0 aliphatic heterocycles. The van der Waals surface area contributed by atoms with Crippen LogP contribution in [0.2, 0.25) is 0 Å². The Hall–Kier alpha value is -2.80. The number of benzene rings is 2. The summed E-state index contributed by atoms with van der Waals surface area (Å²) >= 11 is 0.793. The number of rotatable bonds is 11. The highest BCUT2D eigenvalue weighted by molar-refractivity contribution is 8.01. The molecule has 0 saturated heterocycles. The third-order valence-electron chi connectivity index (χ3n) is 4.11. The zero-order valence-corrected chi connectivity index (χ0v) is 16.1. The standard InChI is InChI=1S/C21H23NO5S/c23-19(15-28-18(21(26)27)13-20(24)25)22(14-17-9-5-2-6-10-17)12-11-16-7-3-1-4-8-16/h1-10,18H,11-15H2,(H,24,25)(H,26,27)/p-1/t18-/m0/s1. The largest absolute Gasteiger partial charge is 0.549 e. The van der Waals surface area contributed by atoms with E-state index in [1.807, 2.05) is 60.7 Å². The van der Waals surface area contributed by atoms with Gasteiger partial charge in [-0.1, -0.05) is 60.7 Å². The number of amides is 1. The normalized spacial score (nSPS) is 11.6. The van der Waals surface area contributed by atoms with E-state index in [0.29, 0.717) is 19.5 Å². The highest BCUT2D eigenvalue weighted by Crippen LogP contribution is 2.17. The van der Waals surface area contributed by atoms with Gasteiger partial charge in [-0.15, -0.1) is 11.8 Å². The van der Waals surface area contributed by atoms with Crippen LogP contribution in [0.3, 0.4) is 0 Å². The van der Waals surface area contributed by atoms with E-state index in [9.17, 15) is 19.5 Å². The Balaban J connectivity index is 2.02. The summed E-state index contributed by atoms with van der Waals surface area (Å²) in [5.74, 6) is -3.06. The number of hydrogen-bond donors (Lipinski definition) is 1. The molecular formula is C21H22NO5S-. The summed E-state index contributed by atoms with van der Waals surface area (Å²) < 4.78 is 0. The van der Waals surface area contributed by atoms with Crippen LogP contribution in [0.15, 0.2) is 60.7 Å². The van der Waals surface area contributed by atoms with Crippen LogP contribution in [-0.2, 0) is 27.3 Å². The average molecular weight is 400 g/mol. The van der Waals surface area contributed by atoms with Gasteiger partial charge in [0, 0.05) is 13.1 Å². The summed E-state index contributed by atoms with van der Waals surface area (Å²) in [4.78, 5) is 36.3. The maximum absolute atomic E-state index is 12.7. The van der Waals surface area contributed by atoms with E-state index in [4.69, 9.17) is 5.11 Å². The summed E-state index contributed by atoms with van der Waals surface area (Å²) in [6.07, 6.45) is 0.0894. The summed E-state index contributed by atoms with van der Waals surface area (Å²) in [7, 11) is 0. The van der Waals surface area contributed by atoms with Gasteiger partial charge in [-0.3, -0.25) is 9.59 Å². The molecule has 1 N–H and O–H groups in total. The third kappa shape index (κ3) is 7.44. The Kier molecular flexibility index (Phi) is 8.55. The van der Waals surface area contributed by atoms with Crippen molar-refractivity contribution in [2.45, 2.75) is 24.6 Å². The molecule has 0 saturated carbocycles. The van der Waals surface area contributed by atoms with E-state index in [-0.39, 0.29) is 11.7 Å². The van der Waals surface area contributed by atoms with Crippen molar-refractivity contribution in [3.63, 3.8) is 0 Å². The van der Waals surface area contributed by atoms with E-state index < -0.39 is 23.6 Å². The molecule has 148 valence electrons. The molecular weight excluding hydrogens is 378 g/mol. The molecule has 2 rings (SSSR count). The topological polar surface area (TPSA) is 97.7 Å². The number of hydrogen-bond acceptors (Lipinski definition) is 5. The van der Waals surface area contributed by atoms with Crippen molar-refractivity contribution >= 4 is 29.6 Å². The fourth-order valence-electron chi connectivity index (χ4n) is 2.64. The molecule has 0 aliphatic carbocycles. The first kappa shape index (κ1) is 21.5. The van der Waals surface area contributed by atoms with Crippen molar-refractivity contribution in [2.24, 2.45) is 0 Å². The van der Waals surface area contributed by atoms with Gasteiger partial charge in [0.15, 0.2) is 0 Å². The highest BCUT2D eigenvalue weighted by atomic mass is 32.2. The molecule has 2 aromatic rings. The lowest BCUT2D eigenvalue weighted by Gasteiger charge is -2.24. The quantitative estimate of drug-likeness (QED) is 0.615. The minimum Gasteiger partial charge on any atom is -0.549 e. The second-order valence-electron chi connectivity index (χ2n) is 6.25. The van der Waals surface area contributed by atoms with Crippen LogP contribution < -0.4 is 5.11 Å². The van der Waals surface area contributed by atoms with Crippen molar-refractivity contribution in [3.05, 3.63) is 71.8 Å². The van der Waals surface area contributed by atoms with E-state index in [1.54, 1.807) is 4.90 Å². The highest BCUT2D eigenvalue weighted by Gasteiger charge is 2.20. The zero-order chi connectivity index (χ0) is 20.4. The molecule has 0 spiro atoms. The van der Waals surface area contributed by atoms with E-state index in [1.165, 1.54) is 0 Å². The maximum atomic E-state index is 12.7. The smallest absolute Gasteiger partial charge is 0.304 e. The minimum atomic E-state index is -1.47. The molecule has 2 aromatic carbocycles. The Morgan fingerprint density at radius 3 is 2.07 bits per heavy atom. The summed E-state index contributed by atoms with van der Waals surface area (Å²) in [5.41, 5.74) is 2.07. The van der Waals surface area contributed by atoms with E-state index >= 15 is 0 Å². The lowest BCUT2D eigenvalue weighted by molar-refractivity contribution is -0.304. The Bertz CT molecular complexity index is 782. The third-order valence-corrected chi connectivity index (χ3v) is 5.29. The van der Waals surface area contributed by atoms with E-state index in [2.05, 4.69) is 0 Å². The van der Waals surface area contributed by atoms with Gasteiger partial charge in [-0.05, 0) is 17.5 Å². The molecule has 0 aliphatic rings. The number of thioether (sulfide) groups is 1. The van der Waals surface area contributed by atoms with Crippen LogP contribution in [0.25, 0.3) is 0 Å². The lowest BCUT2D eigenvalue weighted by atomic mass is 10.1. The number of carbonyl (C=O) groups excluding carboxylic acids is 2. The van der Waals surface area contributed by atoms with Crippen LogP contribution >= 0.6 is 11.8 Å². The molecule has 0 aromatic heterocycles. The van der Waals surface area contributed by atoms with Crippen LogP contribution in [-0.4, -0.2) is 45.4 Å². The van der Waals surface area contributed by atoms with Gasteiger partial charge >= 0.3 is 5.97 Å². The first-order valence-corrected chi connectivity index (χ1v) is 9.90. The zero-order valence-electron chi connectivity index (χ0n) is 15.3. The number of aliphatic carboxylic acids is 2. The number of carbonyl (C=O) groups is 3. The molecule has 0 fully saturated rings. The molecule has 28 heavy (non-hydrogen) atoms. The fourth-order valence-corrected chi connectivity index (χ4v) is 3.56. The average Bonchev–Trinajstić information content (AvgIpc) is 2.69. The van der Waals surface area contributed by atoms with Crippen LogP contribution in [0.1, 0.15) is 17.5 Å². The van der Waals surface area contributed by atoms with Crippen LogP contribution in [0.5, 0.6) is 0 Å². The Labute approximate surface area is 168 Å².